The molecule has 1 aromatic carbocycles. The van der Waals surface area contributed by atoms with Crippen molar-refractivity contribution in [3.63, 3.8) is 0 Å². The van der Waals surface area contributed by atoms with E-state index in [1.807, 2.05) is 40.1 Å². The Bertz CT molecular complexity index is 549. The molecule has 0 saturated carbocycles. The number of aryl methyl sites for hydroxylation is 1. The van der Waals surface area contributed by atoms with Gasteiger partial charge in [0.2, 0.25) is 0 Å². The Morgan fingerprint density at radius 2 is 1.83 bits per heavy atom. The second kappa shape index (κ2) is 4.41. The van der Waals surface area contributed by atoms with Gasteiger partial charge in [-0.2, -0.15) is 0 Å². The van der Waals surface area contributed by atoms with Gasteiger partial charge < -0.3 is 10.1 Å². The molecule has 98 valence electrons. The van der Waals surface area contributed by atoms with Gasteiger partial charge in [-0.15, -0.1) is 0 Å². The van der Waals surface area contributed by atoms with Crippen LogP contribution < -0.4 is 0 Å². The Morgan fingerprint density at radius 3 is 2.39 bits per heavy atom. The van der Waals surface area contributed by atoms with E-state index in [2.05, 4.69) is 28.9 Å². The number of aromatic nitrogens is 1. The summed E-state index contributed by atoms with van der Waals surface area (Å²) in [5, 5.41) is 11.6. The maximum Gasteiger partial charge on any atom is 0.0788 e. The summed E-state index contributed by atoms with van der Waals surface area (Å²) in [6.45, 7) is 5.79. The highest BCUT2D eigenvalue weighted by molar-refractivity contribution is 5.85. The van der Waals surface area contributed by atoms with Crippen LogP contribution in [-0.4, -0.2) is 34.7 Å². The Hall–Kier alpha value is -1.32. The van der Waals surface area contributed by atoms with Gasteiger partial charge in [-0.25, -0.2) is 0 Å². The summed E-state index contributed by atoms with van der Waals surface area (Å²) in [6.07, 6.45) is 0. The van der Waals surface area contributed by atoms with Crippen LogP contribution in [0.4, 0.5) is 0 Å². The predicted octanol–water partition coefficient (Wildman–Crippen LogP) is 2.85. The number of nitrogens with zero attached hydrogens (tertiary/aromatic N) is 1. The lowest BCUT2D eigenvalue weighted by Crippen LogP contribution is -2.38. The molecular formula is C15H22N2O. The zero-order chi connectivity index (χ0) is 13.5. The lowest BCUT2D eigenvalue weighted by molar-refractivity contribution is -0.00281. The normalized spacial score (nSPS) is 14.4. The average Bonchev–Trinajstić information content (AvgIpc) is 2.54. The zero-order valence-corrected chi connectivity index (χ0v) is 11.8. The molecule has 0 fully saturated rings. The number of aliphatic hydroxyl groups is 1. The van der Waals surface area contributed by atoms with Gasteiger partial charge in [-0.3, -0.25) is 4.90 Å². The molecule has 18 heavy (non-hydrogen) atoms. The molecule has 1 unspecified atom stereocenters. The summed E-state index contributed by atoms with van der Waals surface area (Å²) in [5.74, 6) is 0. The summed E-state index contributed by atoms with van der Waals surface area (Å²) in [6, 6.07) is 8.21. The highest BCUT2D eigenvalue weighted by Crippen LogP contribution is 2.36. The SMILES string of the molecule is Cc1[nH]c2ccccc2c1C(N(C)C)C(C)(C)O. The summed E-state index contributed by atoms with van der Waals surface area (Å²) < 4.78 is 0. The monoisotopic (exact) mass is 246 g/mol. The maximum atomic E-state index is 10.4. The number of para-hydroxylation sites is 1. The lowest BCUT2D eigenvalue weighted by atomic mass is 9.89. The zero-order valence-electron chi connectivity index (χ0n) is 11.8. The van der Waals surface area contributed by atoms with E-state index >= 15 is 0 Å². The number of hydrogen-bond donors (Lipinski definition) is 2. The van der Waals surface area contributed by atoms with Crippen LogP contribution in [0, 0.1) is 6.92 Å². The molecule has 0 aliphatic heterocycles. The first-order valence-corrected chi connectivity index (χ1v) is 6.28. The molecule has 3 heteroatoms. The third-order valence-corrected chi connectivity index (χ3v) is 3.40. The summed E-state index contributed by atoms with van der Waals surface area (Å²) in [5.41, 5.74) is 2.64. The van der Waals surface area contributed by atoms with Gasteiger partial charge in [0, 0.05) is 22.2 Å². The van der Waals surface area contributed by atoms with Crippen molar-refractivity contribution in [2.45, 2.75) is 32.4 Å². The smallest absolute Gasteiger partial charge is 0.0788 e. The van der Waals surface area contributed by atoms with Crippen molar-refractivity contribution < 1.29 is 5.11 Å². The van der Waals surface area contributed by atoms with Gasteiger partial charge >= 0.3 is 0 Å². The molecule has 3 nitrogen and oxygen atoms in total. The van der Waals surface area contributed by atoms with E-state index < -0.39 is 5.60 Å². The van der Waals surface area contributed by atoms with Crippen molar-refractivity contribution in [2.24, 2.45) is 0 Å². The van der Waals surface area contributed by atoms with Crippen LogP contribution in [0.1, 0.15) is 31.1 Å². The van der Waals surface area contributed by atoms with Crippen molar-refractivity contribution in [3.8, 4) is 0 Å². The minimum Gasteiger partial charge on any atom is -0.388 e. The van der Waals surface area contributed by atoms with E-state index in [0.717, 1.165) is 11.2 Å². The Labute approximate surface area is 108 Å². The topological polar surface area (TPSA) is 39.3 Å². The van der Waals surface area contributed by atoms with Gasteiger partial charge in [-0.05, 0) is 40.9 Å². The number of rotatable bonds is 3. The molecule has 0 aliphatic rings. The molecule has 0 bridgehead atoms. The maximum absolute atomic E-state index is 10.4. The Morgan fingerprint density at radius 1 is 1.22 bits per heavy atom. The van der Waals surface area contributed by atoms with Crippen LogP contribution in [0.3, 0.4) is 0 Å². The fourth-order valence-corrected chi connectivity index (χ4v) is 2.89. The van der Waals surface area contributed by atoms with Crippen LogP contribution in [-0.2, 0) is 0 Å². The largest absolute Gasteiger partial charge is 0.388 e. The number of nitrogens with one attached hydrogen (secondary N) is 1. The minimum atomic E-state index is -0.792. The van der Waals surface area contributed by atoms with Crippen LogP contribution in [0.2, 0.25) is 0 Å². The number of benzene rings is 1. The third kappa shape index (κ3) is 2.16. The molecule has 1 heterocycles. The van der Waals surface area contributed by atoms with Crippen LogP contribution in [0.15, 0.2) is 24.3 Å². The fourth-order valence-electron chi connectivity index (χ4n) is 2.89. The average molecular weight is 246 g/mol. The molecular weight excluding hydrogens is 224 g/mol. The molecule has 0 amide bonds. The quantitative estimate of drug-likeness (QED) is 0.874. The van der Waals surface area contributed by atoms with Crippen molar-refractivity contribution in [1.29, 1.82) is 0 Å². The van der Waals surface area contributed by atoms with Crippen molar-refractivity contribution in [3.05, 3.63) is 35.5 Å². The van der Waals surface area contributed by atoms with Crippen molar-refractivity contribution in [1.82, 2.24) is 9.88 Å². The van der Waals surface area contributed by atoms with Gasteiger partial charge in [0.05, 0.1) is 11.6 Å². The molecule has 2 aromatic rings. The second-order valence-corrected chi connectivity index (χ2v) is 5.73. The number of hydrogen-bond acceptors (Lipinski definition) is 2. The first-order valence-electron chi connectivity index (χ1n) is 6.28. The van der Waals surface area contributed by atoms with Crippen molar-refractivity contribution in [2.75, 3.05) is 14.1 Å². The number of H-pyrrole nitrogens is 1. The molecule has 1 aromatic heterocycles. The standard InChI is InChI=1S/C15H22N2O/c1-10-13(14(17(4)5)15(2,3)18)11-8-6-7-9-12(11)16-10/h6-9,14,16,18H,1-5H3. The summed E-state index contributed by atoms with van der Waals surface area (Å²) in [7, 11) is 4.01. The first-order chi connectivity index (χ1) is 8.32. The molecule has 0 spiro atoms. The molecule has 2 N–H and O–H groups in total. The fraction of sp³-hybridized carbons (Fsp3) is 0.467. The summed E-state index contributed by atoms with van der Waals surface area (Å²) in [4.78, 5) is 5.47. The van der Waals surface area contributed by atoms with Crippen LogP contribution in [0.5, 0.6) is 0 Å². The lowest BCUT2D eigenvalue weighted by Gasteiger charge is -2.35. The molecule has 0 saturated heterocycles. The minimum absolute atomic E-state index is 0.0337. The van der Waals surface area contributed by atoms with E-state index in [9.17, 15) is 5.11 Å². The van der Waals surface area contributed by atoms with E-state index in [-0.39, 0.29) is 6.04 Å². The molecule has 0 radical (unpaired) electrons. The highest BCUT2D eigenvalue weighted by Gasteiger charge is 2.33. The molecule has 1 atom stereocenters. The Balaban J connectivity index is 2.68. The van der Waals surface area contributed by atoms with Crippen LogP contribution in [0.25, 0.3) is 10.9 Å². The second-order valence-electron chi connectivity index (χ2n) is 5.73. The van der Waals surface area contributed by atoms with Crippen molar-refractivity contribution >= 4 is 10.9 Å². The molecule has 2 rings (SSSR count). The highest BCUT2D eigenvalue weighted by atomic mass is 16.3. The van der Waals surface area contributed by atoms with E-state index in [1.54, 1.807) is 0 Å². The third-order valence-electron chi connectivity index (χ3n) is 3.40. The van der Waals surface area contributed by atoms with Gasteiger partial charge in [0.1, 0.15) is 0 Å². The molecule has 0 aliphatic carbocycles. The summed E-state index contributed by atoms with van der Waals surface area (Å²) >= 11 is 0. The van der Waals surface area contributed by atoms with Gasteiger partial charge in [0.25, 0.3) is 0 Å². The number of fused-ring (bicyclic) bond motifs is 1. The number of aromatic amines is 1. The van der Waals surface area contributed by atoms with E-state index in [0.29, 0.717) is 0 Å². The van der Waals surface area contributed by atoms with Crippen LogP contribution >= 0.6 is 0 Å². The van der Waals surface area contributed by atoms with E-state index in [4.69, 9.17) is 0 Å². The Kier molecular flexibility index (Phi) is 3.21. The predicted molar refractivity (Wildman–Crippen MR) is 75.8 cm³/mol. The van der Waals surface area contributed by atoms with Gasteiger partial charge in [-0.1, -0.05) is 18.2 Å². The van der Waals surface area contributed by atoms with E-state index in [1.165, 1.54) is 10.9 Å². The number of likely N-dealkylation sites (N-methyl/N-ethyl adjacent to an activating group) is 1. The first kappa shape index (κ1) is 13.1. The van der Waals surface area contributed by atoms with Gasteiger partial charge in [0.15, 0.2) is 0 Å².